The van der Waals surface area contributed by atoms with E-state index in [0.717, 1.165) is 43.7 Å². The van der Waals surface area contributed by atoms with Crippen LogP contribution in [0, 0.1) is 0 Å². The lowest BCUT2D eigenvalue weighted by molar-refractivity contribution is -0.135. The highest BCUT2D eigenvalue weighted by molar-refractivity contribution is 6.02. The molecule has 0 bridgehead atoms. The predicted octanol–water partition coefficient (Wildman–Crippen LogP) is 2.59. The summed E-state index contributed by atoms with van der Waals surface area (Å²) in [6.07, 6.45) is 6.57. The topological polar surface area (TPSA) is 58.4 Å². The Morgan fingerprint density at radius 1 is 1.19 bits per heavy atom. The van der Waals surface area contributed by atoms with Crippen molar-refractivity contribution in [1.29, 1.82) is 0 Å². The summed E-state index contributed by atoms with van der Waals surface area (Å²) in [5, 5.41) is 4.37. The molecule has 0 N–H and O–H groups in total. The van der Waals surface area contributed by atoms with Gasteiger partial charge in [0.15, 0.2) is 0 Å². The molecule has 1 aromatic carbocycles. The molecule has 1 atom stereocenters. The lowest BCUT2D eigenvalue weighted by atomic mass is 9.91. The molecule has 0 radical (unpaired) electrons. The fourth-order valence-corrected chi connectivity index (χ4v) is 4.38. The Morgan fingerprint density at radius 3 is 2.59 bits per heavy atom. The number of hydrogen-bond acceptors (Lipinski definition) is 3. The zero-order valence-corrected chi connectivity index (χ0v) is 16.0. The number of carbonyl (C=O) groups is 2. The van der Waals surface area contributed by atoms with Gasteiger partial charge in [0.05, 0.1) is 6.20 Å². The third-order valence-corrected chi connectivity index (χ3v) is 5.86. The Bertz CT molecular complexity index is 851. The molecule has 142 valence electrons. The van der Waals surface area contributed by atoms with Crippen LogP contribution in [-0.4, -0.2) is 45.6 Å². The maximum absolute atomic E-state index is 13.2. The van der Waals surface area contributed by atoms with Gasteiger partial charge in [-0.2, -0.15) is 5.10 Å². The monoisotopic (exact) mass is 366 g/mol. The molecule has 4 rings (SSSR count). The minimum Gasteiger partial charge on any atom is -0.341 e. The van der Waals surface area contributed by atoms with Gasteiger partial charge >= 0.3 is 0 Å². The summed E-state index contributed by atoms with van der Waals surface area (Å²) in [5.41, 5.74) is 3.22. The summed E-state index contributed by atoms with van der Waals surface area (Å²) < 4.78 is 1.95. The minimum atomic E-state index is -0.403. The number of fused-ring (bicyclic) bond motifs is 1. The Balaban J connectivity index is 1.44. The number of nitrogens with zero attached hydrogens (tertiary/aromatic N) is 4. The first-order chi connectivity index (χ1) is 13.1. The summed E-state index contributed by atoms with van der Waals surface area (Å²) in [4.78, 5) is 29.0. The maximum atomic E-state index is 13.2. The van der Waals surface area contributed by atoms with Gasteiger partial charge in [0, 0.05) is 44.9 Å². The maximum Gasteiger partial charge on any atom is 0.246 e. The van der Waals surface area contributed by atoms with Crippen molar-refractivity contribution in [1.82, 2.24) is 14.7 Å². The SMILES string of the molecule is CCn1cc(C2CCN(C(=O)[C@@H]3Cc4ccccc4N3C(C)=O)CC2)cn1. The van der Waals surface area contributed by atoms with E-state index in [-0.39, 0.29) is 11.8 Å². The van der Waals surface area contributed by atoms with Crippen LogP contribution < -0.4 is 4.90 Å². The molecular weight excluding hydrogens is 340 g/mol. The average molecular weight is 366 g/mol. The Morgan fingerprint density at radius 2 is 1.93 bits per heavy atom. The van der Waals surface area contributed by atoms with Crippen LogP contribution in [0.25, 0.3) is 0 Å². The third-order valence-electron chi connectivity index (χ3n) is 5.86. The molecule has 2 aliphatic rings. The van der Waals surface area contributed by atoms with Gasteiger partial charge in [-0.1, -0.05) is 18.2 Å². The number of likely N-dealkylation sites (tertiary alicyclic amines) is 1. The van der Waals surface area contributed by atoms with Crippen LogP contribution in [-0.2, 0) is 22.6 Å². The molecule has 1 aromatic heterocycles. The minimum absolute atomic E-state index is 0.0693. The number of aromatic nitrogens is 2. The fourth-order valence-electron chi connectivity index (χ4n) is 4.38. The van der Waals surface area contributed by atoms with E-state index < -0.39 is 6.04 Å². The Hall–Kier alpha value is -2.63. The second-order valence-electron chi connectivity index (χ2n) is 7.47. The summed E-state index contributed by atoms with van der Waals surface area (Å²) >= 11 is 0. The van der Waals surface area contributed by atoms with Gasteiger partial charge in [0.1, 0.15) is 6.04 Å². The van der Waals surface area contributed by atoms with E-state index in [1.807, 2.05) is 40.0 Å². The second kappa shape index (κ2) is 7.18. The molecule has 1 saturated heterocycles. The quantitative estimate of drug-likeness (QED) is 0.839. The van der Waals surface area contributed by atoms with E-state index in [9.17, 15) is 9.59 Å². The molecule has 0 unspecified atom stereocenters. The second-order valence-corrected chi connectivity index (χ2v) is 7.47. The van der Waals surface area contributed by atoms with E-state index >= 15 is 0 Å². The van der Waals surface area contributed by atoms with Gasteiger partial charge in [-0.25, -0.2) is 0 Å². The van der Waals surface area contributed by atoms with Gasteiger partial charge in [-0.3, -0.25) is 19.2 Å². The Labute approximate surface area is 159 Å². The Kier molecular flexibility index (Phi) is 4.72. The summed E-state index contributed by atoms with van der Waals surface area (Å²) in [7, 11) is 0. The average Bonchev–Trinajstić information content (AvgIpc) is 3.32. The first kappa shape index (κ1) is 17.8. The lowest BCUT2D eigenvalue weighted by Crippen LogP contribution is -2.51. The number of rotatable bonds is 3. The normalized spacial score (nSPS) is 20.0. The van der Waals surface area contributed by atoms with Crippen molar-refractivity contribution in [3.63, 3.8) is 0 Å². The standard InChI is InChI=1S/C21H26N4O2/c1-3-24-14-18(13-22-24)16-8-10-23(11-9-16)21(27)20-12-17-6-4-5-7-19(17)25(20)15(2)26/h4-7,13-14,16,20H,3,8-12H2,1-2H3/t20-/m0/s1. The van der Waals surface area contributed by atoms with Crippen LogP contribution in [0.2, 0.25) is 0 Å². The number of anilines is 1. The molecule has 0 aliphatic carbocycles. The van der Waals surface area contributed by atoms with Crippen molar-refractivity contribution in [2.24, 2.45) is 0 Å². The zero-order chi connectivity index (χ0) is 19.0. The van der Waals surface area contributed by atoms with Gasteiger partial charge in [0.25, 0.3) is 0 Å². The van der Waals surface area contributed by atoms with Gasteiger partial charge in [-0.15, -0.1) is 0 Å². The molecule has 27 heavy (non-hydrogen) atoms. The van der Waals surface area contributed by atoms with Crippen LogP contribution in [0.3, 0.4) is 0 Å². The fraction of sp³-hybridized carbons (Fsp3) is 0.476. The van der Waals surface area contributed by atoms with Crippen LogP contribution >= 0.6 is 0 Å². The number of para-hydroxylation sites is 1. The van der Waals surface area contributed by atoms with Crippen LogP contribution in [0.5, 0.6) is 0 Å². The summed E-state index contributed by atoms with van der Waals surface area (Å²) in [6, 6.07) is 7.42. The predicted molar refractivity (Wildman–Crippen MR) is 104 cm³/mol. The molecule has 6 heteroatoms. The van der Waals surface area contributed by atoms with E-state index in [4.69, 9.17) is 0 Å². The van der Waals surface area contributed by atoms with E-state index in [1.165, 1.54) is 5.56 Å². The number of hydrogen-bond donors (Lipinski definition) is 0. The van der Waals surface area contributed by atoms with Crippen molar-refractivity contribution in [3.8, 4) is 0 Å². The van der Waals surface area contributed by atoms with Crippen molar-refractivity contribution in [2.45, 2.75) is 51.6 Å². The molecule has 1 fully saturated rings. The van der Waals surface area contributed by atoms with E-state index in [0.29, 0.717) is 12.3 Å². The van der Waals surface area contributed by atoms with E-state index in [2.05, 4.69) is 18.2 Å². The van der Waals surface area contributed by atoms with Crippen LogP contribution in [0.4, 0.5) is 5.69 Å². The molecule has 3 heterocycles. The van der Waals surface area contributed by atoms with Gasteiger partial charge in [0.2, 0.25) is 11.8 Å². The summed E-state index contributed by atoms with van der Waals surface area (Å²) in [5.74, 6) is 0.461. The summed E-state index contributed by atoms with van der Waals surface area (Å²) in [6.45, 7) is 5.97. The largest absolute Gasteiger partial charge is 0.341 e. The molecule has 0 spiro atoms. The van der Waals surface area contributed by atoms with Crippen molar-refractivity contribution in [3.05, 3.63) is 47.8 Å². The zero-order valence-electron chi connectivity index (χ0n) is 16.0. The highest BCUT2D eigenvalue weighted by Crippen LogP contribution is 2.34. The van der Waals surface area contributed by atoms with Crippen molar-refractivity contribution < 1.29 is 9.59 Å². The lowest BCUT2D eigenvalue weighted by Gasteiger charge is -2.35. The molecule has 2 aliphatic heterocycles. The van der Waals surface area contributed by atoms with Crippen LogP contribution in [0.1, 0.15) is 43.7 Å². The number of amides is 2. The molecule has 2 aromatic rings. The highest BCUT2D eigenvalue weighted by Gasteiger charge is 2.39. The molecular formula is C21H26N4O2. The van der Waals surface area contributed by atoms with Gasteiger partial charge in [-0.05, 0) is 42.9 Å². The van der Waals surface area contributed by atoms with E-state index in [1.54, 1.807) is 11.8 Å². The number of aryl methyl sites for hydroxylation is 1. The third kappa shape index (κ3) is 3.24. The van der Waals surface area contributed by atoms with Crippen molar-refractivity contribution in [2.75, 3.05) is 18.0 Å². The number of piperidine rings is 1. The van der Waals surface area contributed by atoms with Gasteiger partial charge < -0.3 is 4.90 Å². The first-order valence-electron chi connectivity index (χ1n) is 9.77. The highest BCUT2D eigenvalue weighted by atomic mass is 16.2. The molecule has 0 saturated carbocycles. The smallest absolute Gasteiger partial charge is 0.246 e. The first-order valence-corrected chi connectivity index (χ1v) is 9.77. The number of carbonyl (C=O) groups excluding carboxylic acids is 2. The van der Waals surface area contributed by atoms with Crippen molar-refractivity contribution >= 4 is 17.5 Å². The molecule has 6 nitrogen and oxygen atoms in total. The number of benzene rings is 1. The molecule has 2 amide bonds. The van der Waals surface area contributed by atoms with Crippen LogP contribution in [0.15, 0.2) is 36.7 Å².